The summed E-state index contributed by atoms with van der Waals surface area (Å²) in [6.45, 7) is 0. The van der Waals surface area contributed by atoms with Crippen LogP contribution in [0.3, 0.4) is 0 Å². The monoisotopic (exact) mass is 404 g/mol. The Balaban J connectivity index is 1.82. The number of carbonyl (C=O) groups excluding carboxylic acids is 1. The smallest absolute Gasteiger partial charge is 0.251 e. The minimum Gasteiger partial charge on any atom is -0.508 e. The number of aromatic hydroxyl groups is 1. The van der Waals surface area contributed by atoms with Gasteiger partial charge in [-0.2, -0.15) is 5.26 Å². The van der Waals surface area contributed by atoms with Crippen LogP contribution in [0.15, 0.2) is 102 Å². The van der Waals surface area contributed by atoms with E-state index in [1.165, 1.54) is 0 Å². The van der Waals surface area contributed by atoms with Crippen molar-refractivity contribution in [1.82, 2.24) is 0 Å². The van der Waals surface area contributed by atoms with E-state index >= 15 is 0 Å². The zero-order valence-electron chi connectivity index (χ0n) is 16.8. The van der Waals surface area contributed by atoms with E-state index in [-0.39, 0.29) is 11.7 Å². The number of phenolic OH excluding ortho intramolecular Hbond substituents is 1. The van der Waals surface area contributed by atoms with E-state index in [2.05, 4.69) is 18.2 Å². The fraction of sp³-hybridized carbons (Fsp3) is 0.111. The van der Waals surface area contributed by atoms with E-state index in [0.29, 0.717) is 5.56 Å². The quantitative estimate of drug-likeness (QED) is 0.652. The summed E-state index contributed by atoms with van der Waals surface area (Å²) < 4.78 is 0. The number of rotatable bonds is 3. The third kappa shape index (κ3) is 2.78. The Bertz CT molecular complexity index is 1250. The van der Waals surface area contributed by atoms with Crippen LogP contribution in [0.25, 0.3) is 0 Å². The first-order chi connectivity index (χ1) is 15.2. The van der Waals surface area contributed by atoms with Crippen molar-refractivity contribution in [2.75, 3.05) is 4.90 Å². The maximum Gasteiger partial charge on any atom is 0.251 e. The number of allylic oxidation sites excluding steroid dienone is 3. The number of hydrogen-bond acceptors (Lipinski definition) is 3. The molecule has 1 atom stereocenters. The zero-order valence-corrected chi connectivity index (χ0v) is 16.8. The minimum atomic E-state index is -1.05. The van der Waals surface area contributed by atoms with Gasteiger partial charge in [0.15, 0.2) is 0 Å². The van der Waals surface area contributed by atoms with Gasteiger partial charge >= 0.3 is 0 Å². The average Bonchev–Trinajstić information content (AvgIpc) is 3.09. The van der Waals surface area contributed by atoms with Crippen LogP contribution < -0.4 is 4.90 Å². The number of carbonyl (C=O) groups is 1. The van der Waals surface area contributed by atoms with Crippen molar-refractivity contribution in [2.45, 2.75) is 18.3 Å². The van der Waals surface area contributed by atoms with Gasteiger partial charge < -0.3 is 5.11 Å². The molecule has 1 heterocycles. The number of nitrogens with zero attached hydrogens (tertiary/aromatic N) is 2. The van der Waals surface area contributed by atoms with Crippen molar-refractivity contribution in [2.24, 2.45) is 0 Å². The Morgan fingerprint density at radius 2 is 1.45 bits per heavy atom. The maximum atomic E-state index is 14.4. The number of anilines is 1. The number of hydrogen-bond donors (Lipinski definition) is 1. The van der Waals surface area contributed by atoms with Crippen molar-refractivity contribution >= 4 is 11.6 Å². The van der Waals surface area contributed by atoms with E-state index in [1.54, 1.807) is 29.2 Å². The Morgan fingerprint density at radius 1 is 0.839 bits per heavy atom. The van der Waals surface area contributed by atoms with Crippen LogP contribution in [0.5, 0.6) is 5.75 Å². The predicted octanol–water partition coefficient (Wildman–Crippen LogP) is 5.20. The predicted molar refractivity (Wildman–Crippen MR) is 119 cm³/mol. The minimum absolute atomic E-state index is 0.0616. The molecule has 3 aromatic rings. The Labute approximate surface area is 181 Å². The highest BCUT2D eigenvalue weighted by molar-refractivity contribution is 6.14. The topological polar surface area (TPSA) is 64.3 Å². The van der Waals surface area contributed by atoms with Crippen LogP contribution >= 0.6 is 0 Å². The molecule has 0 spiro atoms. The van der Waals surface area contributed by atoms with Gasteiger partial charge in [0, 0.05) is 11.4 Å². The number of fused-ring (bicyclic) bond motifs is 1. The van der Waals surface area contributed by atoms with Gasteiger partial charge in [0.1, 0.15) is 11.2 Å². The molecular formula is C27H20N2O2. The maximum absolute atomic E-state index is 14.4. The molecule has 31 heavy (non-hydrogen) atoms. The van der Waals surface area contributed by atoms with Gasteiger partial charge in [-0.3, -0.25) is 9.69 Å². The van der Waals surface area contributed by atoms with Crippen LogP contribution in [0.4, 0.5) is 5.69 Å². The lowest BCUT2D eigenvalue weighted by atomic mass is 9.68. The first-order valence-corrected chi connectivity index (χ1v) is 10.3. The molecule has 1 N–H and O–H groups in total. The van der Waals surface area contributed by atoms with Crippen LogP contribution in [0, 0.1) is 11.3 Å². The highest BCUT2D eigenvalue weighted by atomic mass is 16.3. The molecule has 1 aliphatic heterocycles. The van der Waals surface area contributed by atoms with Crippen molar-refractivity contribution < 1.29 is 9.90 Å². The summed E-state index contributed by atoms with van der Waals surface area (Å²) in [5.74, 6) is 0.0889. The fourth-order valence-corrected chi connectivity index (χ4v) is 4.68. The summed E-state index contributed by atoms with van der Waals surface area (Å²) in [5.41, 5.74) is 3.76. The first-order valence-electron chi connectivity index (χ1n) is 10.3. The van der Waals surface area contributed by atoms with Crippen LogP contribution in [0.1, 0.15) is 29.5 Å². The number of benzene rings is 3. The van der Waals surface area contributed by atoms with Crippen molar-refractivity contribution in [3.05, 3.63) is 119 Å². The average molecular weight is 404 g/mol. The lowest BCUT2D eigenvalue weighted by Gasteiger charge is -2.30. The summed E-state index contributed by atoms with van der Waals surface area (Å²) in [6.07, 6.45) is 6.01. The summed E-state index contributed by atoms with van der Waals surface area (Å²) in [4.78, 5) is 16.2. The van der Waals surface area contributed by atoms with E-state index in [0.717, 1.165) is 40.9 Å². The molecule has 1 saturated heterocycles. The third-order valence-corrected chi connectivity index (χ3v) is 6.06. The standard InChI is InChI=1S/C27H20N2O2/c28-18-19-10-12-20(13-11-19)27(21-14-16-23(30)17-15-21)24-8-4-5-9-25(24)29(26(27)31)22-6-2-1-3-7-22/h1-3,6-17,30H,4-5H2. The molecule has 0 aromatic heterocycles. The van der Waals surface area contributed by atoms with E-state index in [9.17, 15) is 15.2 Å². The Morgan fingerprint density at radius 3 is 2.10 bits per heavy atom. The van der Waals surface area contributed by atoms with E-state index < -0.39 is 5.41 Å². The van der Waals surface area contributed by atoms with Crippen LogP contribution in [-0.2, 0) is 10.2 Å². The van der Waals surface area contributed by atoms with E-state index in [4.69, 9.17) is 0 Å². The first kappa shape index (κ1) is 18.9. The lowest BCUT2D eigenvalue weighted by Crippen LogP contribution is -2.39. The Kier molecular flexibility index (Phi) is 4.45. The highest BCUT2D eigenvalue weighted by Gasteiger charge is 2.56. The molecule has 0 bridgehead atoms. The second-order valence-electron chi connectivity index (χ2n) is 7.75. The summed E-state index contributed by atoms with van der Waals surface area (Å²) in [7, 11) is 0. The molecule has 4 heteroatoms. The number of nitriles is 1. The van der Waals surface area contributed by atoms with Gasteiger partial charge in [-0.15, -0.1) is 0 Å². The molecule has 5 rings (SSSR count). The van der Waals surface area contributed by atoms with Gasteiger partial charge in [-0.05, 0) is 65.9 Å². The molecular weight excluding hydrogens is 384 g/mol. The normalized spacial score (nSPS) is 20.0. The molecule has 4 nitrogen and oxygen atoms in total. The van der Waals surface area contributed by atoms with Gasteiger partial charge in [0.2, 0.25) is 0 Å². The molecule has 1 unspecified atom stereocenters. The SMILES string of the molecule is N#Cc1ccc(C2(c3ccc(O)cc3)C(=O)N(c3ccccc3)C3=CCCC=C32)cc1. The molecule has 3 aromatic carbocycles. The summed E-state index contributed by atoms with van der Waals surface area (Å²) in [6, 6.07) is 25.9. The second-order valence-corrected chi connectivity index (χ2v) is 7.75. The van der Waals surface area contributed by atoms with Crippen LogP contribution in [-0.4, -0.2) is 11.0 Å². The number of amides is 1. The van der Waals surface area contributed by atoms with Gasteiger partial charge in [-0.1, -0.05) is 54.6 Å². The van der Waals surface area contributed by atoms with Crippen LogP contribution in [0.2, 0.25) is 0 Å². The number of phenols is 1. The molecule has 1 aliphatic carbocycles. The molecule has 0 saturated carbocycles. The molecule has 150 valence electrons. The van der Waals surface area contributed by atoms with Gasteiger partial charge in [0.05, 0.1) is 11.6 Å². The fourth-order valence-electron chi connectivity index (χ4n) is 4.68. The second kappa shape index (κ2) is 7.30. The Hall–Kier alpha value is -4.10. The third-order valence-electron chi connectivity index (χ3n) is 6.06. The van der Waals surface area contributed by atoms with Crippen molar-refractivity contribution in [3.8, 4) is 11.8 Å². The lowest BCUT2D eigenvalue weighted by molar-refractivity contribution is -0.120. The molecule has 1 amide bonds. The van der Waals surface area contributed by atoms with Crippen molar-refractivity contribution in [3.63, 3.8) is 0 Å². The summed E-state index contributed by atoms with van der Waals surface area (Å²) in [5, 5.41) is 19.2. The molecule has 1 fully saturated rings. The number of para-hydroxylation sites is 1. The zero-order chi connectivity index (χ0) is 21.4. The largest absolute Gasteiger partial charge is 0.508 e. The molecule has 0 radical (unpaired) electrons. The van der Waals surface area contributed by atoms with E-state index in [1.807, 2.05) is 54.6 Å². The van der Waals surface area contributed by atoms with Gasteiger partial charge in [0.25, 0.3) is 5.91 Å². The van der Waals surface area contributed by atoms with Gasteiger partial charge in [-0.25, -0.2) is 0 Å². The molecule has 2 aliphatic rings. The van der Waals surface area contributed by atoms with Crippen molar-refractivity contribution in [1.29, 1.82) is 5.26 Å². The summed E-state index contributed by atoms with van der Waals surface area (Å²) >= 11 is 0. The highest BCUT2D eigenvalue weighted by Crippen LogP contribution is 2.53.